The Morgan fingerprint density at radius 3 is 2.73 bits per heavy atom. The van der Waals surface area contributed by atoms with Gasteiger partial charge in [0.2, 0.25) is 0 Å². The van der Waals surface area contributed by atoms with Crippen molar-refractivity contribution in [2.75, 3.05) is 18.5 Å². The van der Waals surface area contributed by atoms with Crippen molar-refractivity contribution >= 4 is 16.7 Å². The summed E-state index contributed by atoms with van der Waals surface area (Å²) in [6.45, 7) is 5.40. The second-order valence-electron chi connectivity index (χ2n) is 5.33. The maximum absolute atomic E-state index is 5.74. The van der Waals surface area contributed by atoms with E-state index in [0.717, 1.165) is 22.5 Å². The number of benzene rings is 2. The van der Waals surface area contributed by atoms with Crippen LogP contribution in [0.25, 0.3) is 10.9 Å². The Morgan fingerprint density at radius 2 is 1.86 bits per heavy atom. The Morgan fingerprint density at radius 1 is 1.00 bits per heavy atom. The van der Waals surface area contributed by atoms with Gasteiger partial charge in [-0.3, -0.25) is 0 Å². The molecule has 3 aromatic rings. The zero-order chi connectivity index (χ0) is 15.4. The summed E-state index contributed by atoms with van der Waals surface area (Å²) in [7, 11) is 0. The molecule has 0 amide bonds. The van der Waals surface area contributed by atoms with Gasteiger partial charge in [0.05, 0.1) is 12.1 Å². The molecule has 112 valence electrons. The number of hydrogen-bond acceptors (Lipinski definition) is 4. The molecular weight excluding hydrogens is 274 g/mol. The molecule has 0 atom stereocenters. The lowest BCUT2D eigenvalue weighted by atomic mass is 10.1. The van der Waals surface area contributed by atoms with Gasteiger partial charge in [-0.05, 0) is 43.7 Å². The quantitative estimate of drug-likeness (QED) is 0.728. The third kappa shape index (κ3) is 3.34. The van der Waals surface area contributed by atoms with Crippen molar-refractivity contribution in [3.05, 3.63) is 59.9 Å². The minimum Gasteiger partial charge on any atom is -0.492 e. The molecule has 0 bridgehead atoms. The molecule has 1 heterocycles. The van der Waals surface area contributed by atoms with E-state index in [1.165, 1.54) is 11.1 Å². The van der Waals surface area contributed by atoms with E-state index in [2.05, 4.69) is 47.3 Å². The first-order chi connectivity index (χ1) is 10.7. The second kappa shape index (κ2) is 6.43. The first-order valence-electron chi connectivity index (χ1n) is 7.37. The van der Waals surface area contributed by atoms with Crippen molar-refractivity contribution in [3.8, 4) is 5.75 Å². The van der Waals surface area contributed by atoms with E-state index in [4.69, 9.17) is 4.74 Å². The van der Waals surface area contributed by atoms with Crippen molar-refractivity contribution in [2.45, 2.75) is 13.8 Å². The molecule has 4 heteroatoms. The number of aromatic nitrogens is 2. The van der Waals surface area contributed by atoms with Crippen LogP contribution in [0.15, 0.2) is 48.8 Å². The van der Waals surface area contributed by atoms with Crippen molar-refractivity contribution in [1.29, 1.82) is 0 Å². The topological polar surface area (TPSA) is 47.0 Å². The zero-order valence-corrected chi connectivity index (χ0v) is 12.8. The lowest BCUT2D eigenvalue weighted by Crippen LogP contribution is -2.12. The summed E-state index contributed by atoms with van der Waals surface area (Å²) in [5.74, 6) is 1.74. The summed E-state index contributed by atoms with van der Waals surface area (Å²) in [6, 6.07) is 14.2. The Balaban J connectivity index is 1.63. The van der Waals surface area contributed by atoms with Gasteiger partial charge in [0.25, 0.3) is 0 Å². The standard InChI is InChI=1S/C18H19N3O/c1-13-4-3-5-15(10-13)22-9-8-19-18-16-11-14(2)6-7-17(16)20-12-21-18/h3-7,10-12H,8-9H2,1-2H3,(H,19,20,21). The van der Waals surface area contributed by atoms with Gasteiger partial charge < -0.3 is 10.1 Å². The average molecular weight is 293 g/mol. The molecule has 2 aromatic carbocycles. The van der Waals surface area contributed by atoms with Crippen LogP contribution in [-0.2, 0) is 0 Å². The highest BCUT2D eigenvalue weighted by Gasteiger charge is 2.03. The maximum atomic E-state index is 5.74. The summed E-state index contributed by atoms with van der Waals surface area (Å²) < 4.78 is 5.74. The number of aryl methyl sites for hydroxylation is 2. The van der Waals surface area contributed by atoms with Gasteiger partial charge in [-0.25, -0.2) is 9.97 Å². The van der Waals surface area contributed by atoms with Crippen LogP contribution in [0.3, 0.4) is 0 Å². The molecule has 0 aliphatic rings. The first kappa shape index (κ1) is 14.3. The SMILES string of the molecule is Cc1cccc(OCCNc2ncnc3ccc(C)cc23)c1. The fourth-order valence-electron chi connectivity index (χ4n) is 2.35. The molecule has 22 heavy (non-hydrogen) atoms. The first-order valence-corrected chi connectivity index (χ1v) is 7.37. The molecule has 0 aliphatic heterocycles. The molecule has 0 spiro atoms. The van der Waals surface area contributed by atoms with Crippen molar-refractivity contribution in [3.63, 3.8) is 0 Å². The Bertz CT molecular complexity index is 786. The summed E-state index contributed by atoms with van der Waals surface area (Å²) in [5, 5.41) is 4.36. The van der Waals surface area contributed by atoms with Crippen LogP contribution in [0.5, 0.6) is 5.75 Å². The molecule has 0 aliphatic carbocycles. The summed E-state index contributed by atoms with van der Waals surface area (Å²) >= 11 is 0. The van der Waals surface area contributed by atoms with E-state index in [1.54, 1.807) is 6.33 Å². The lowest BCUT2D eigenvalue weighted by Gasteiger charge is -2.10. The van der Waals surface area contributed by atoms with Crippen LogP contribution in [0.1, 0.15) is 11.1 Å². The molecule has 0 saturated carbocycles. The van der Waals surface area contributed by atoms with Crippen molar-refractivity contribution in [1.82, 2.24) is 9.97 Å². The van der Waals surface area contributed by atoms with Gasteiger partial charge in [-0.2, -0.15) is 0 Å². The van der Waals surface area contributed by atoms with Crippen LogP contribution in [0.2, 0.25) is 0 Å². The maximum Gasteiger partial charge on any atom is 0.137 e. The molecule has 0 unspecified atom stereocenters. The lowest BCUT2D eigenvalue weighted by molar-refractivity contribution is 0.332. The number of nitrogens with one attached hydrogen (secondary N) is 1. The second-order valence-corrected chi connectivity index (χ2v) is 5.33. The van der Waals surface area contributed by atoms with Gasteiger partial charge in [-0.1, -0.05) is 23.8 Å². The Kier molecular flexibility index (Phi) is 4.19. The van der Waals surface area contributed by atoms with Gasteiger partial charge in [0.15, 0.2) is 0 Å². The van der Waals surface area contributed by atoms with E-state index in [0.29, 0.717) is 13.2 Å². The van der Waals surface area contributed by atoms with E-state index >= 15 is 0 Å². The molecule has 4 nitrogen and oxygen atoms in total. The normalized spacial score (nSPS) is 10.6. The van der Waals surface area contributed by atoms with Crippen LogP contribution in [0.4, 0.5) is 5.82 Å². The van der Waals surface area contributed by atoms with Crippen molar-refractivity contribution < 1.29 is 4.74 Å². The highest BCUT2D eigenvalue weighted by Crippen LogP contribution is 2.20. The molecular formula is C18H19N3O. The number of nitrogens with zero attached hydrogens (tertiary/aromatic N) is 2. The molecule has 1 N–H and O–H groups in total. The minimum atomic E-state index is 0.584. The molecule has 0 radical (unpaired) electrons. The average Bonchev–Trinajstić information content (AvgIpc) is 2.52. The largest absolute Gasteiger partial charge is 0.492 e. The number of ether oxygens (including phenoxy) is 1. The highest BCUT2D eigenvalue weighted by molar-refractivity contribution is 5.89. The molecule has 3 rings (SSSR count). The summed E-state index contributed by atoms with van der Waals surface area (Å²) in [6.07, 6.45) is 1.58. The van der Waals surface area contributed by atoms with Gasteiger partial charge >= 0.3 is 0 Å². The van der Waals surface area contributed by atoms with E-state index in [1.807, 2.05) is 24.3 Å². The Hall–Kier alpha value is -2.62. The van der Waals surface area contributed by atoms with Gasteiger partial charge in [0.1, 0.15) is 24.5 Å². The minimum absolute atomic E-state index is 0.584. The smallest absolute Gasteiger partial charge is 0.137 e. The van der Waals surface area contributed by atoms with Gasteiger partial charge in [0, 0.05) is 5.39 Å². The van der Waals surface area contributed by atoms with Crippen LogP contribution < -0.4 is 10.1 Å². The monoisotopic (exact) mass is 293 g/mol. The van der Waals surface area contributed by atoms with E-state index < -0.39 is 0 Å². The fourth-order valence-corrected chi connectivity index (χ4v) is 2.35. The highest BCUT2D eigenvalue weighted by atomic mass is 16.5. The molecule has 0 fully saturated rings. The third-order valence-corrected chi connectivity index (χ3v) is 3.44. The summed E-state index contributed by atoms with van der Waals surface area (Å²) in [4.78, 5) is 8.62. The van der Waals surface area contributed by atoms with Gasteiger partial charge in [-0.15, -0.1) is 0 Å². The predicted molar refractivity (Wildman–Crippen MR) is 89.4 cm³/mol. The van der Waals surface area contributed by atoms with E-state index in [-0.39, 0.29) is 0 Å². The van der Waals surface area contributed by atoms with Crippen LogP contribution >= 0.6 is 0 Å². The van der Waals surface area contributed by atoms with Crippen molar-refractivity contribution in [2.24, 2.45) is 0 Å². The molecule has 1 aromatic heterocycles. The summed E-state index contributed by atoms with van der Waals surface area (Å²) in [5.41, 5.74) is 3.34. The van der Waals surface area contributed by atoms with Crippen LogP contribution in [0, 0.1) is 13.8 Å². The Labute approximate surface area is 130 Å². The number of fused-ring (bicyclic) bond motifs is 1. The number of anilines is 1. The molecule has 0 saturated heterocycles. The van der Waals surface area contributed by atoms with E-state index in [9.17, 15) is 0 Å². The van der Waals surface area contributed by atoms with Crippen LogP contribution in [-0.4, -0.2) is 23.1 Å². The number of rotatable bonds is 5. The predicted octanol–water partition coefficient (Wildman–Crippen LogP) is 3.74. The zero-order valence-electron chi connectivity index (χ0n) is 12.8. The number of hydrogen-bond donors (Lipinski definition) is 1. The third-order valence-electron chi connectivity index (χ3n) is 3.44. The fraction of sp³-hybridized carbons (Fsp3) is 0.222.